The van der Waals surface area contributed by atoms with Gasteiger partial charge in [0.05, 0.1) is 10.7 Å². The lowest BCUT2D eigenvalue weighted by Gasteiger charge is -1.99. The minimum Gasteiger partial charge on any atom is -0.254 e. The Morgan fingerprint density at radius 1 is 1.89 bits per heavy atom. The van der Waals surface area contributed by atoms with Gasteiger partial charge in [-0.1, -0.05) is 11.6 Å². The van der Waals surface area contributed by atoms with E-state index in [2.05, 4.69) is 21.0 Å². The largest absolute Gasteiger partial charge is 0.254 e. The number of hydrogen-bond acceptors (Lipinski definition) is 1. The summed E-state index contributed by atoms with van der Waals surface area (Å²) in [5.74, 6) is 0. The lowest BCUT2D eigenvalue weighted by Crippen LogP contribution is -1.96. The number of aromatic nitrogens is 2. The van der Waals surface area contributed by atoms with E-state index in [0.29, 0.717) is 0 Å². The van der Waals surface area contributed by atoms with Gasteiger partial charge in [-0.2, -0.15) is 5.10 Å². The molecule has 1 aromatic heterocycles. The molecule has 1 unspecified atom stereocenters. The molecule has 1 rings (SSSR count). The maximum absolute atomic E-state index is 5.70. The van der Waals surface area contributed by atoms with E-state index in [1.807, 2.05) is 13.1 Å². The molecular formula is C5H6BrClN2. The van der Waals surface area contributed by atoms with E-state index in [1.54, 1.807) is 10.9 Å². The van der Waals surface area contributed by atoms with Crippen LogP contribution in [0, 0.1) is 0 Å². The van der Waals surface area contributed by atoms with Gasteiger partial charge in [-0.25, -0.2) is 0 Å². The molecule has 9 heavy (non-hydrogen) atoms. The first-order chi connectivity index (χ1) is 4.20. The molecule has 0 aliphatic heterocycles. The van der Waals surface area contributed by atoms with Gasteiger partial charge < -0.3 is 0 Å². The van der Waals surface area contributed by atoms with Crippen LogP contribution in [-0.4, -0.2) is 9.78 Å². The van der Waals surface area contributed by atoms with E-state index in [1.165, 1.54) is 0 Å². The molecule has 0 saturated carbocycles. The number of alkyl halides is 1. The van der Waals surface area contributed by atoms with Crippen LogP contribution in [0.1, 0.15) is 12.4 Å². The zero-order valence-corrected chi connectivity index (χ0v) is 7.22. The summed E-state index contributed by atoms with van der Waals surface area (Å²) in [7, 11) is 0. The van der Waals surface area contributed by atoms with Gasteiger partial charge in [-0.15, -0.1) is 0 Å². The Bertz CT molecular complexity index is 197. The molecule has 0 fully saturated rings. The third-order valence-corrected chi connectivity index (χ3v) is 1.54. The Hall–Kier alpha value is -0.0200. The second kappa shape index (κ2) is 2.71. The van der Waals surface area contributed by atoms with Crippen LogP contribution in [0.2, 0.25) is 0 Å². The van der Waals surface area contributed by atoms with E-state index in [4.69, 9.17) is 11.6 Å². The van der Waals surface area contributed by atoms with Gasteiger partial charge in [-0.3, -0.25) is 4.68 Å². The Morgan fingerprint density at radius 2 is 2.56 bits per heavy atom. The number of hydrogen-bond donors (Lipinski definition) is 0. The summed E-state index contributed by atoms with van der Waals surface area (Å²) in [5, 5.41) is 3.95. The summed E-state index contributed by atoms with van der Waals surface area (Å²) < 4.78 is 2.63. The van der Waals surface area contributed by atoms with Gasteiger partial charge in [-0.05, 0) is 22.9 Å². The molecule has 0 aliphatic rings. The van der Waals surface area contributed by atoms with E-state index < -0.39 is 0 Å². The zero-order valence-electron chi connectivity index (χ0n) is 4.88. The monoisotopic (exact) mass is 208 g/mol. The molecule has 50 valence electrons. The molecule has 0 bridgehead atoms. The maximum Gasteiger partial charge on any atom is 0.122 e. The molecule has 2 nitrogen and oxygen atoms in total. The second-order valence-corrected chi connectivity index (χ2v) is 3.26. The summed E-state index contributed by atoms with van der Waals surface area (Å²) in [4.78, 5) is 0. The van der Waals surface area contributed by atoms with Crippen molar-refractivity contribution in [2.75, 3.05) is 0 Å². The van der Waals surface area contributed by atoms with Crippen molar-refractivity contribution in [1.82, 2.24) is 9.78 Å². The molecule has 4 heteroatoms. The lowest BCUT2D eigenvalue weighted by atomic mass is 10.7. The van der Waals surface area contributed by atoms with Crippen LogP contribution < -0.4 is 0 Å². The smallest absolute Gasteiger partial charge is 0.122 e. The van der Waals surface area contributed by atoms with Crippen LogP contribution >= 0.6 is 27.5 Å². The Balaban J connectivity index is 2.85. The van der Waals surface area contributed by atoms with Gasteiger partial charge in [0.15, 0.2) is 0 Å². The molecule has 0 N–H and O–H groups in total. The van der Waals surface area contributed by atoms with Crippen LogP contribution in [0.4, 0.5) is 0 Å². The van der Waals surface area contributed by atoms with Crippen LogP contribution in [0.25, 0.3) is 0 Å². The van der Waals surface area contributed by atoms with Crippen molar-refractivity contribution in [2.24, 2.45) is 0 Å². The van der Waals surface area contributed by atoms with E-state index in [9.17, 15) is 0 Å². The molecule has 0 radical (unpaired) electrons. The third kappa shape index (κ3) is 1.69. The Kier molecular flexibility index (Phi) is 2.13. The van der Waals surface area contributed by atoms with Crippen molar-refractivity contribution in [2.45, 2.75) is 12.4 Å². The molecule has 0 spiro atoms. The standard InChI is InChI=1S/C5H6BrClN2/c1-4(7)9-3-5(6)2-8-9/h2-4H,1H3. The fraction of sp³-hybridized carbons (Fsp3) is 0.400. The van der Waals surface area contributed by atoms with Gasteiger partial charge in [0, 0.05) is 6.20 Å². The Morgan fingerprint density at radius 3 is 2.78 bits per heavy atom. The third-order valence-electron chi connectivity index (χ3n) is 0.935. The average molecular weight is 209 g/mol. The summed E-state index contributed by atoms with van der Waals surface area (Å²) in [6.45, 7) is 1.86. The quantitative estimate of drug-likeness (QED) is 0.650. The molecule has 0 amide bonds. The highest BCUT2D eigenvalue weighted by atomic mass is 79.9. The highest BCUT2D eigenvalue weighted by molar-refractivity contribution is 9.10. The summed E-state index contributed by atoms with van der Waals surface area (Å²) in [5.41, 5.74) is -0.0729. The fourth-order valence-electron chi connectivity index (χ4n) is 0.509. The predicted octanol–water partition coefficient (Wildman–Crippen LogP) is 2.40. The molecule has 0 aromatic carbocycles. The first-order valence-electron chi connectivity index (χ1n) is 2.54. The van der Waals surface area contributed by atoms with E-state index >= 15 is 0 Å². The Labute approximate surface area is 66.9 Å². The predicted molar refractivity (Wildman–Crippen MR) is 40.5 cm³/mol. The minimum atomic E-state index is -0.0729. The van der Waals surface area contributed by atoms with Crippen LogP contribution in [0.3, 0.4) is 0 Å². The van der Waals surface area contributed by atoms with E-state index in [0.717, 1.165) is 4.47 Å². The number of rotatable bonds is 1. The van der Waals surface area contributed by atoms with Crippen molar-refractivity contribution in [3.05, 3.63) is 16.9 Å². The molecule has 0 aliphatic carbocycles. The van der Waals surface area contributed by atoms with Gasteiger partial charge in [0.25, 0.3) is 0 Å². The molecule has 0 saturated heterocycles. The summed E-state index contributed by atoms with van der Waals surface area (Å²) >= 11 is 8.95. The second-order valence-electron chi connectivity index (χ2n) is 1.71. The van der Waals surface area contributed by atoms with Gasteiger partial charge in [0.2, 0.25) is 0 Å². The number of halogens is 2. The summed E-state index contributed by atoms with van der Waals surface area (Å²) in [6, 6.07) is 0. The van der Waals surface area contributed by atoms with Crippen molar-refractivity contribution in [3.63, 3.8) is 0 Å². The molecule has 1 aromatic rings. The SMILES string of the molecule is CC(Cl)n1cc(Br)cn1. The lowest BCUT2D eigenvalue weighted by molar-refractivity contribution is 0.633. The minimum absolute atomic E-state index is 0.0729. The molecule has 1 atom stereocenters. The van der Waals surface area contributed by atoms with Crippen LogP contribution in [0.5, 0.6) is 0 Å². The first kappa shape index (κ1) is 7.09. The highest BCUT2D eigenvalue weighted by Gasteiger charge is 1.98. The van der Waals surface area contributed by atoms with Crippen molar-refractivity contribution in [1.29, 1.82) is 0 Å². The average Bonchev–Trinajstić information content (AvgIpc) is 2.14. The van der Waals surface area contributed by atoms with Crippen molar-refractivity contribution < 1.29 is 0 Å². The topological polar surface area (TPSA) is 17.8 Å². The maximum atomic E-state index is 5.70. The van der Waals surface area contributed by atoms with Gasteiger partial charge in [0.1, 0.15) is 5.50 Å². The van der Waals surface area contributed by atoms with Crippen molar-refractivity contribution in [3.8, 4) is 0 Å². The zero-order chi connectivity index (χ0) is 6.85. The van der Waals surface area contributed by atoms with Gasteiger partial charge >= 0.3 is 0 Å². The molecular weight excluding hydrogens is 203 g/mol. The summed E-state index contributed by atoms with van der Waals surface area (Å²) in [6.07, 6.45) is 3.54. The normalized spacial score (nSPS) is 13.7. The first-order valence-corrected chi connectivity index (χ1v) is 3.77. The van der Waals surface area contributed by atoms with Crippen LogP contribution in [-0.2, 0) is 0 Å². The fourth-order valence-corrected chi connectivity index (χ4v) is 0.918. The van der Waals surface area contributed by atoms with E-state index in [-0.39, 0.29) is 5.50 Å². The highest BCUT2D eigenvalue weighted by Crippen LogP contribution is 2.13. The molecule has 1 heterocycles. The van der Waals surface area contributed by atoms with Crippen LogP contribution in [0.15, 0.2) is 16.9 Å². The van der Waals surface area contributed by atoms with Crippen molar-refractivity contribution >= 4 is 27.5 Å². The number of nitrogens with zero attached hydrogens (tertiary/aromatic N) is 2.